The van der Waals surface area contributed by atoms with Crippen LogP contribution in [0.4, 0.5) is 0 Å². The molecule has 1 nitrogen and oxygen atoms in total. The SMILES string of the molecule is CC1C=Cc2cc(C3=C4CCC=CC4C(C4=CC=C(C5=CNCCC=C5)CC4)C4CCCCC34)ccc2C1. The van der Waals surface area contributed by atoms with Crippen LogP contribution in [-0.4, -0.2) is 6.54 Å². The van der Waals surface area contributed by atoms with Crippen molar-refractivity contribution in [2.75, 3.05) is 6.54 Å². The lowest BCUT2D eigenvalue weighted by molar-refractivity contribution is 0.179. The highest BCUT2D eigenvalue weighted by Crippen LogP contribution is 2.57. The van der Waals surface area contributed by atoms with Crippen molar-refractivity contribution in [2.24, 2.45) is 29.6 Å². The van der Waals surface area contributed by atoms with Crippen LogP contribution >= 0.6 is 0 Å². The molecule has 6 aliphatic rings. The van der Waals surface area contributed by atoms with E-state index in [-0.39, 0.29) is 0 Å². The molecule has 0 bridgehead atoms. The van der Waals surface area contributed by atoms with Gasteiger partial charge in [0.15, 0.2) is 0 Å². The molecule has 0 aromatic heterocycles. The summed E-state index contributed by atoms with van der Waals surface area (Å²) in [5, 5.41) is 3.48. The molecule has 1 saturated carbocycles. The van der Waals surface area contributed by atoms with Gasteiger partial charge in [0, 0.05) is 18.7 Å². The second-order valence-corrected chi connectivity index (χ2v) is 12.6. The molecule has 196 valence electrons. The normalized spacial score (nSPS) is 32.2. The zero-order chi connectivity index (χ0) is 25.5. The summed E-state index contributed by atoms with van der Waals surface area (Å²) in [5.41, 5.74) is 12.7. The van der Waals surface area contributed by atoms with E-state index in [0.29, 0.717) is 17.8 Å². The minimum atomic E-state index is 0.588. The van der Waals surface area contributed by atoms with Gasteiger partial charge in [-0.2, -0.15) is 0 Å². The highest BCUT2D eigenvalue weighted by Gasteiger charge is 2.46. The number of allylic oxidation sites excluding steroid dienone is 11. The molecule has 0 spiro atoms. The predicted molar refractivity (Wildman–Crippen MR) is 161 cm³/mol. The number of nitrogens with one attached hydrogen (secondary N) is 1. The minimum absolute atomic E-state index is 0.588. The quantitative estimate of drug-likeness (QED) is 0.407. The molecule has 5 aliphatic carbocycles. The van der Waals surface area contributed by atoms with Crippen molar-refractivity contribution < 1.29 is 0 Å². The van der Waals surface area contributed by atoms with E-state index in [9.17, 15) is 0 Å². The predicted octanol–water partition coefficient (Wildman–Crippen LogP) is 9.13. The number of benzene rings is 1. The molecule has 7 rings (SSSR count). The van der Waals surface area contributed by atoms with Gasteiger partial charge >= 0.3 is 0 Å². The maximum atomic E-state index is 3.48. The summed E-state index contributed by atoms with van der Waals surface area (Å²) in [6.45, 7) is 3.38. The monoisotopic (exact) mass is 501 g/mol. The molecule has 1 aliphatic heterocycles. The Labute approximate surface area is 229 Å². The Morgan fingerprint density at radius 1 is 0.895 bits per heavy atom. The van der Waals surface area contributed by atoms with Crippen molar-refractivity contribution in [3.05, 3.63) is 106 Å². The number of fused-ring (bicyclic) bond motifs is 3. The van der Waals surface area contributed by atoms with Crippen LogP contribution in [0, 0.1) is 29.6 Å². The molecule has 1 heterocycles. The molecular weight excluding hydrogens is 458 g/mol. The Morgan fingerprint density at radius 3 is 2.76 bits per heavy atom. The average molecular weight is 502 g/mol. The summed E-state index contributed by atoms with van der Waals surface area (Å²) >= 11 is 0. The van der Waals surface area contributed by atoms with Gasteiger partial charge in [0.05, 0.1) is 0 Å². The summed E-state index contributed by atoms with van der Waals surface area (Å²) in [7, 11) is 0. The first-order chi connectivity index (χ1) is 18.8. The fourth-order valence-electron chi connectivity index (χ4n) is 8.54. The lowest BCUT2D eigenvalue weighted by atomic mass is 9.54. The molecule has 5 unspecified atom stereocenters. The van der Waals surface area contributed by atoms with Gasteiger partial charge in [-0.1, -0.05) is 91.7 Å². The Kier molecular flexibility index (Phi) is 6.64. The van der Waals surface area contributed by atoms with E-state index in [1.807, 2.05) is 0 Å². The zero-order valence-corrected chi connectivity index (χ0v) is 23.1. The first kappa shape index (κ1) is 24.3. The molecule has 1 aromatic carbocycles. The minimum Gasteiger partial charge on any atom is -0.390 e. The van der Waals surface area contributed by atoms with Crippen LogP contribution in [0.2, 0.25) is 0 Å². The summed E-state index contributed by atoms with van der Waals surface area (Å²) in [4.78, 5) is 0. The first-order valence-electron chi connectivity index (χ1n) is 15.5. The third kappa shape index (κ3) is 4.42. The lowest BCUT2D eigenvalue weighted by Crippen LogP contribution is -2.39. The summed E-state index contributed by atoms with van der Waals surface area (Å²) in [6.07, 6.45) is 34.5. The molecule has 1 heteroatoms. The molecule has 0 amide bonds. The number of rotatable bonds is 3. The molecule has 1 aromatic rings. The van der Waals surface area contributed by atoms with Crippen molar-refractivity contribution in [2.45, 2.75) is 71.1 Å². The standard InChI is InChI=1S/C37H43N/c1-25-13-14-29-23-30(20-19-28(29)22-25)37-34-11-4-2-9-32(34)36(33-10-3-5-12-35(33)37)27-17-15-26(16-18-27)31-8-6-7-21-38-24-31/h2,6,8-9,13-15,17,19-20,23-25,32-33,35-36,38H,3-5,7,10-12,16,18,21-22H2,1H3. The molecule has 0 radical (unpaired) electrons. The van der Waals surface area contributed by atoms with E-state index < -0.39 is 0 Å². The highest BCUT2D eigenvalue weighted by atomic mass is 14.8. The fourth-order valence-corrected chi connectivity index (χ4v) is 8.54. The molecule has 1 N–H and O–H groups in total. The summed E-state index contributed by atoms with van der Waals surface area (Å²) in [5.74, 6) is 3.43. The number of hydrogen-bond acceptors (Lipinski definition) is 1. The summed E-state index contributed by atoms with van der Waals surface area (Å²) < 4.78 is 0. The van der Waals surface area contributed by atoms with Crippen LogP contribution in [0.25, 0.3) is 11.6 Å². The van der Waals surface area contributed by atoms with Gasteiger partial charge in [0.2, 0.25) is 0 Å². The topological polar surface area (TPSA) is 12.0 Å². The highest BCUT2D eigenvalue weighted by molar-refractivity contribution is 5.76. The van der Waals surface area contributed by atoms with E-state index in [2.05, 4.69) is 85.2 Å². The van der Waals surface area contributed by atoms with Gasteiger partial charge in [0.25, 0.3) is 0 Å². The molecule has 1 fully saturated rings. The van der Waals surface area contributed by atoms with Crippen molar-refractivity contribution in [1.82, 2.24) is 5.32 Å². The molecule has 38 heavy (non-hydrogen) atoms. The molecule has 5 atom stereocenters. The zero-order valence-electron chi connectivity index (χ0n) is 23.1. The second kappa shape index (κ2) is 10.4. The largest absolute Gasteiger partial charge is 0.390 e. The van der Waals surface area contributed by atoms with Crippen molar-refractivity contribution in [1.29, 1.82) is 0 Å². The van der Waals surface area contributed by atoms with E-state index >= 15 is 0 Å². The Balaban J connectivity index is 1.28. The van der Waals surface area contributed by atoms with Gasteiger partial charge in [-0.15, -0.1) is 0 Å². The summed E-state index contributed by atoms with van der Waals surface area (Å²) in [6, 6.07) is 7.50. The smallest absolute Gasteiger partial charge is 0.0176 e. The molecule has 0 saturated heterocycles. The third-order valence-corrected chi connectivity index (χ3v) is 10.3. The average Bonchev–Trinajstić information content (AvgIpc) is 3.26. The molecular formula is C37H43N. The van der Waals surface area contributed by atoms with Gasteiger partial charge in [-0.25, -0.2) is 0 Å². The van der Waals surface area contributed by atoms with Crippen molar-refractivity contribution >= 4 is 11.6 Å². The number of hydrogen-bond donors (Lipinski definition) is 1. The van der Waals surface area contributed by atoms with Crippen LogP contribution in [0.3, 0.4) is 0 Å². The fraction of sp³-hybridized carbons (Fsp3) is 0.459. The van der Waals surface area contributed by atoms with Crippen LogP contribution in [0.5, 0.6) is 0 Å². The van der Waals surface area contributed by atoms with Crippen LogP contribution < -0.4 is 5.32 Å². The van der Waals surface area contributed by atoms with Gasteiger partial charge in [-0.05, 0) is 115 Å². The van der Waals surface area contributed by atoms with Crippen LogP contribution in [-0.2, 0) is 6.42 Å². The van der Waals surface area contributed by atoms with Gasteiger partial charge < -0.3 is 5.32 Å². The lowest BCUT2D eigenvalue weighted by Gasteiger charge is -2.50. The maximum absolute atomic E-state index is 3.48. The van der Waals surface area contributed by atoms with Crippen molar-refractivity contribution in [3.8, 4) is 0 Å². The third-order valence-electron chi connectivity index (χ3n) is 10.3. The van der Waals surface area contributed by atoms with E-state index in [4.69, 9.17) is 0 Å². The van der Waals surface area contributed by atoms with Crippen molar-refractivity contribution in [3.63, 3.8) is 0 Å². The Hall–Kier alpha value is -2.80. The van der Waals surface area contributed by atoms with Gasteiger partial charge in [-0.3, -0.25) is 0 Å². The van der Waals surface area contributed by atoms with E-state index in [1.165, 1.54) is 85.6 Å². The van der Waals surface area contributed by atoms with Crippen LogP contribution in [0.15, 0.2) is 89.2 Å². The van der Waals surface area contributed by atoms with Gasteiger partial charge in [0.1, 0.15) is 0 Å². The van der Waals surface area contributed by atoms with Crippen LogP contribution in [0.1, 0.15) is 81.4 Å². The Morgan fingerprint density at radius 2 is 1.84 bits per heavy atom. The maximum Gasteiger partial charge on any atom is 0.0176 e. The first-order valence-corrected chi connectivity index (χ1v) is 15.5. The van der Waals surface area contributed by atoms with E-state index in [1.54, 1.807) is 16.7 Å². The Bertz CT molecular complexity index is 1310. The van der Waals surface area contributed by atoms with E-state index in [0.717, 1.165) is 24.8 Å². The second-order valence-electron chi connectivity index (χ2n) is 12.6.